The highest BCUT2D eigenvalue weighted by atomic mass is 79.9. The summed E-state index contributed by atoms with van der Waals surface area (Å²) in [5.74, 6) is -0.0586. The van der Waals surface area contributed by atoms with Gasteiger partial charge in [0.2, 0.25) is 0 Å². The molecule has 3 heterocycles. The molecule has 0 spiro atoms. The average Bonchev–Trinajstić information content (AvgIpc) is 3.39. The third-order valence-electron chi connectivity index (χ3n) is 7.67. The number of anilines is 1. The lowest BCUT2D eigenvalue weighted by atomic mass is 10.0. The maximum absolute atomic E-state index is 13.1. The summed E-state index contributed by atoms with van der Waals surface area (Å²) in [6.07, 6.45) is 13.4. The van der Waals surface area contributed by atoms with Gasteiger partial charge in [-0.3, -0.25) is 4.79 Å². The number of rotatable bonds is 15. The smallest absolute Gasteiger partial charge is 0.251 e. The van der Waals surface area contributed by atoms with E-state index < -0.39 is 0 Å². The molecule has 8 heteroatoms. The number of aromatic nitrogens is 3. The second-order valence-electron chi connectivity index (χ2n) is 10.4. The first-order valence-corrected chi connectivity index (χ1v) is 15.9. The molecular formula is C31H44BrN5O2. The Morgan fingerprint density at radius 1 is 1.05 bits per heavy atom. The normalized spacial score (nSPS) is 14.1. The molecular weight excluding hydrogens is 554 g/mol. The fourth-order valence-corrected chi connectivity index (χ4v) is 5.72. The van der Waals surface area contributed by atoms with Crippen LogP contribution in [-0.2, 0) is 30.7 Å². The lowest BCUT2D eigenvalue weighted by Gasteiger charge is -2.26. The van der Waals surface area contributed by atoms with E-state index in [4.69, 9.17) is 9.72 Å². The van der Waals surface area contributed by atoms with E-state index in [1.807, 2.05) is 23.0 Å². The van der Waals surface area contributed by atoms with Crippen LogP contribution < -0.4 is 10.6 Å². The Bertz CT molecular complexity index is 1190. The first-order valence-electron chi connectivity index (χ1n) is 14.8. The van der Waals surface area contributed by atoms with E-state index in [1.165, 1.54) is 44.1 Å². The standard InChI is InChI=1S/C31H44BrN5O2/c1-3-28-26(29(35-25-16-19-39-20-17-25)27-22-34-37(4-2)30(27)36-28)21-33-31(38)24-14-12-23(13-15-24)11-9-7-5-6-8-10-18-32/h12-15,22,25H,3-11,16-21H2,1-2H3,(H,33,38)(H,35,36). The number of pyridine rings is 1. The first-order chi connectivity index (χ1) is 19.1. The fourth-order valence-electron chi connectivity index (χ4n) is 5.32. The molecule has 0 radical (unpaired) electrons. The predicted molar refractivity (Wildman–Crippen MR) is 163 cm³/mol. The summed E-state index contributed by atoms with van der Waals surface area (Å²) < 4.78 is 7.52. The minimum Gasteiger partial charge on any atom is -0.381 e. The Kier molecular flexibility index (Phi) is 11.6. The Morgan fingerprint density at radius 3 is 2.46 bits per heavy atom. The molecule has 0 aliphatic carbocycles. The van der Waals surface area contributed by atoms with Crippen molar-refractivity contribution >= 4 is 38.6 Å². The van der Waals surface area contributed by atoms with Crippen molar-refractivity contribution in [3.63, 3.8) is 0 Å². The zero-order valence-electron chi connectivity index (χ0n) is 23.6. The van der Waals surface area contributed by atoms with Gasteiger partial charge >= 0.3 is 0 Å². The molecule has 4 rings (SSSR count). The van der Waals surface area contributed by atoms with Crippen molar-refractivity contribution < 1.29 is 9.53 Å². The SMILES string of the molecule is CCc1nc2c(cnn2CC)c(NC2CCOCC2)c1CNC(=O)c1ccc(CCCCCCCCBr)cc1. The van der Waals surface area contributed by atoms with E-state index in [0.29, 0.717) is 18.2 Å². The number of nitrogens with zero attached hydrogens (tertiary/aromatic N) is 3. The van der Waals surface area contributed by atoms with Gasteiger partial charge in [0, 0.05) is 54.5 Å². The van der Waals surface area contributed by atoms with Gasteiger partial charge in [-0.1, -0.05) is 60.7 Å². The number of hydrogen-bond donors (Lipinski definition) is 2. The van der Waals surface area contributed by atoms with Gasteiger partial charge < -0.3 is 15.4 Å². The number of carbonyl (C=O) groups excluding carboxylic acids is 1. The number of halogens is 1. The molecule has 0 saturated carbocycles. The van der Waals surface area contributed by atoms with Crippen molar-refractivity contribution in [1.82, 2.24) is 20.1 Å². The summed E-state index contributed by atoms with van der Waals surface area (Å²) in [7, 11) is 0. The summed E-state index contributed by atoms with van der Waals surface area (Å²) in [4.78, 5) is 18.1. The largest absolute Gasteiger partial charge is 0.381 e. The third-order valence-corrected chi connectivity index (χ3v) is 8.23. The van der Waals surface area contributed by atoms with Gasteiger partial charge in [0.05, 0.1) is 17.3 Å². The minimum atomic E-state index is -0.0586. The highest BCUT2D eigenvalue weighted by Gasteiger charge is 2.22. The molecule has 1 aromatic carbocycles. The van der Waals surface area contributed by atoms with Gasteiger partial charge in [0.25, 0.3) is 5.91 Å². The maximum Gasteiger partial charge on any atom is 0.251 e. The zero-order valence-corrected chi connectivity index (χ0v) is 25.2. The molecule has 1 aliphatic heterocycles. The number of aryl methyl sites for hydroxylation is 3. The van der Waals surface area contributed by atoms with Crippen LogP contribution in [0.3, 0.4) is 0 Å². The van der Waals surface area contributed by atoms with E-state index >= 15 is 0 Å². The first kappa shape index (κ1) is 29.5. The summed E-state index contributed by atoms with van der Waals surface area (Å²) in [5, 5.41) is 13.7. The molecule has 1 aliphatic rings. The lowest BCUT2D eigenvalue weighted by Crippen LogP contribution is -2.30. The highest BCUT2D eigenvalue weighted by molar-refractivity contribution is 9.09. The van der Waals surface area contributed by atoms with Crippen LogP contribution in [-0.4, -0.2) is 45.3 Å². The van der Waals surface area contributed by atoms with Crippen LogP contribution in [0.15, 0.2) is 30.5 Å². The Morgan fingerprint density at radius 2 is 1.77 bits per heavy atom. The van der Waals surface area contributed by atoms with Crippen LogP contribution in [0, 0.1) is 0 Å². The Labute approximate surface area is 241 Å². The number of benzene rings is 1. The van der Waals surface area contributed by atoms with Crippen molar-refractivity contribution in [3.05, 3.63) is 52.8 Å². The molecule has 0 atom stereocenters. The van der Waals surface area contributed by atoms with Crippen molar-refractivity contribution in [2.75, 3.05) is 23.9 Å². The molecule has 2 aromatic heterocycles. The van der Waals surface area contributed by atoms with Crippen LogP contribution in [0.2, 0.25) is 0 Å². The van der Waals surface area contributed by atoms with E-state index in [0.717, 1.165) is 78.8 Å². The monoisotopic (exact) mass is 597 g/mol. The molecule has 7 nitrogen and oxygen atoms in total. The van der Waals surface area contributed by atoms with Gasteiger partial charge in [-0.25, -0.2) is 9.67 Å². The molecule has 1 saturated heterocycles. The van der Waals surface area contributed by atoms with Crippen molar-refractivity contribution in [2.24, 2.45) is 0 Å². The number of nitrogens with one attached hydrogen (secondary N) is 2. The van der Waals surface area contributed by atoms with Crippen LogP contribution in [0.4, 0.5) is 5.69 Å². The predicted octanol–water partition coefficient (Wildman–Crippen LogP) is 6.81. The van der Waals surface area contributed by atoms with E-state index in [1.54, 1.807) is 0 Å². The van der Waals surface area contributed by atoms with Crippen LogP contribution in [0.1, 0.15) is 92.4 Å². The van der Waals surface area contributed by atoms with E-state index in [2.05, 4.69) is 57.6 Å². The van der Waals surface area contributed by atoms with Gasteiger partial charge in [0.1, 0.15) is 0 Å². The zero-order chi connectivity index (χ0) is 27.5. The second kappa shape index (κ2) is 15.4. The van der Waals surface area contributed by atoms with E-state index in [9.17, 15) is 4.79 Å². The summed E-state index contributed by atoms with van der Waals surface area (Å²) in [6.45, 7) is 6.91. The average molecular weight is 599 g/mol. The van der Waals surface area contributed by atoms with Crippen LogP contribution in [0.25, 0.3) is 11.0 Å². The molecule has 0 unspecified atom stereocenters. The summed E-state index contributed by atoms with van der Waals surface area (Å²) >= 11 is 3.50. The lowest BCUT2D eigenvalue weighted by molar-refractivity contribution is 0.0904. The number of fused-ring (bicyclic) bond motifs is 1. The minimum absolute atomic E-state index is 0.0586. The number of alkyl halides is 1. The topological polar surface area (TPSA) is 81.1 Å². The summed E-state index contributed by atoms with van der Waals surface area (Å²) in [5.41, 5.74) is 5.98. The molecule has 2 N–H and O–H groups in total. The molecule has 1 amide bonds. The number of unbranched alkanes of at least 4 members (excludes halogenated alkanes) is 5. The summed E-state index contributed by atoms with van der Waals surface area (Å²) in [6, 6.07) is 8.44. The van der Waals surface area contributed by atoms with Crippen molar-refractivity contribution in [3.8, 4) is 0 Å². The molecule has 39 heavy (non-hydrogen) atoms. The fraction of sp³-hybridized carbons (Fsp3) is 0.581. The van der Waals surface area contributed by atoms with Gasteiger partial charge in [-0.15, -0.1) is 0 Å². The second-order valence-corrected chi connectivity index (χ2v) is 11.2. The van der Waals surface area contributed by atoms with Crippen LogP contribution >= 0.6 is 15.9 Å². The van der Waals surface area contributed by atoms with Gasteiger partial charge in [0.15, 0.2) is 5.65 Å². The number of ether oxygens (including phenoxy) is 1. The van der Waals surface area contributed by atoms with Crippen LogP contribution in [0.5, 0.6) is 0 Å². The number of amides is 1. The molecule has 212 valence electrons. The quantitative estimate of drug-likeness (QED) is 0.148. The maximum atomic E-state index is 13.1. The molecule has 1 fully saturated rings. The van der Waals surface area contributed by atoms with Gasteiger partial charge in [-0.05, 0) is 63.1 Å². The Hall–Kier alpha value is -2.45. The Balaban J connectivity index is 1.42. The number of hydrogen-bond acceptors (Lipinski definition) is 5. The number of carbonyl (C=O) groups is 1. The van der Waals surface area contributed by atoms with Crippen molar-refractivity contribution in [1.29, 1.82) is 0 Å². The third kappa shape index (κ3) is 8.04. The molecule has 3 aromatic rings. The highest BCUT2D eigenvalue weighted by Crippen LogP contribution is 2.31. The van der Waals surface area contributed by atoms with E-state index in [-0.39, 0.29) is 5.91 Å². The van der Waals surface area contributed by atoms with Gasteiger partial charge in [-0.2, -0.15) is 5.10 Å². The van der Waals surface area contributed by atoms with Crippen molar-refractivity contribution in [2.45, 2.75) is 97.2 Å². The molecule has 0 bridgehead atoms.